The Hall–Kier alpha value is -2.21. The van der Waals surface area contributed by atoms with E-state index in [-0.39, 0.29) is 11.3 Å². The van der Waals surface area contributed by atoms with Crippen LogP contribution in [0.15, 0.2) is 48.0 Å². The van der Waals surface area contributed by atoms with Crippen LogP contribution in [0.5, 0.6) is 0 Å². The first-order chi connectivity index (χ1) is 14.2. The highest BCUT2D eigenvalue weighted by Crippen LogP contribution is 2.37. The van der Waals surface area contributed by atoms with Gasteiger partial charge in [0.1, 0.15) is 0 Å². The van der Waals surface area contributed by atoms with E-state index in [2.05, 4.69) is 43.3 Å². The van der Waals surface area contributed by atoms with E-state index in [4.69, 9.17) is 11.6 Å². The number of carbonyl (C=O) groups excluding carboxylic acids is 1. The lowest BCUT2D eigenvalue weighted by molar-refractivity contribution is 0.0765. The predicted octanol–water partition coefficient (Wildman–Crippen LogP) is 5.63. The van der Waals surface area contributed by atoms with Gasteiger partial charge in [-0.25, -0.2) is 0 Å². The van der Waals surface area contributed by atoms with Gasteiger partial charge in [-0.15, -0.1) is 11.3 Å². The van der Waals surface area contributed by atoms with Gasteiger partial charge in [0.2, 0.25) is 0 Å². The first kappa shape index (κ1) is 21.0. The third kappa shape index (κ3) is 4.29. The maximum Gasteiger partial charge on any atom is 0.253 e. The van der Waals surface area contributed by atoms with Crippen LogP contribution in [-0.4, -0.2) is 40.1 Å². The minimum absolute atomic E-state index is 0.00801. The largest absolute Gasteiger partial charge is 0.391 e. The fraction of sp³-hybridized carbons (Fsp3) is 0.333. The van der Waals surface area contributed by atoms with E-state index in [0.717, 1.165) is 27.3 Å². The van der Waals surface area contributed by atoms with Crippen LogP contribution in [0.3, 0.4) is 0 Å². The summed E-state index contributed by atoms with van der Waals surface area (Å²) in [6.45, 7) is 7.43. The number of benzene rings is 1. The summed E-state index contributed by atoms with van der Waals surface area (Å²) in [7, 11) is 0. The Kier molecular flexibility index (Phi) is 5.71. The van der Waals surface area contributed by atoms with Gasteiger partial charge >= 0.3 is 0 Å². The number of rotatable bonds is 3. The van der Waals surface area contributed by atoms with Crippen molar-refractivity contribution >= 4 is 28.8 Å². The molecular weight excluding hydrogens is 416 g/mol. The lowest BCUT2D eigenvalue weighted by atomic mass is 9.90. The highest BCUT2D eigenvalue weighted by Gasteiger charge is 2.26. The highest BCUT2D eigenvalue weighted by atomic mass is 35.5. The van der Waals surface area contributed by atoms with Crippen LogP contribution >= 0.6 is 22.9 Å². The van der Waals surface area contributed by atoms with Crippen LogP contribution < -0.4 is 0 Å². The Balaban J connectivity index is 1.59. The van der Waals surface area contributed by atoms with Gasteiger partial charge < -0.3 is 10.0 Å². The molecule has 0 spiro atoms. The molecule has 0 radical (unpaired) electrons. The number of pyridine rings is 1. The molecule has 3 aromatic rings. The van der Waals surface area contributed by atoms with Crippen molar-refractivity contribution < 1.29 is 9.90 Å². The number of carbonyl (C=O) groups is 1. The fourth-order valence-electron chi connectivity index (χ4n) is 3.61. The van der Waals surface area contributed by atoms with E-state index < -0.39 is 6.10 Å². The van der Waals surface area contributed by atoms with Crippen molar-refractivity contribution in [3.8, 4) is 21.6 Å². The number of nitrogens with zero attached hydrogens (tertiary/aromatic N) is 2. The molecule has 0 saturated carbocycles. The van der Waals surface area contributed by atoms with Crippen LogP contribution in [0.2, 0.25) is 5.02 Å². The second kappa shape index (κ2) is 8.14. The zero-order chi connectivity index (χ0) is 21.5. The number of β-amino-alcohol motifs (C(OH)–C–C–N with tert-alkyl or cyclic N) is 1. The summed E-state index contributed by atoms with van der Waals surface area (Å²) in [6.07, 6.45) is 2.05. The molecular formula is C24H25ClN2O2S. The maximum absolute atomic E-state index is 12.6. The first-order valence-electron chi connectivity index (χ1n) is 10.0. The van der Waals surface area contributed by atoms with Gasteiger partial charge in [0.05, 0.1) is 11.1 Å². The maximum atomic E-state index is 12.6. The van der Waals surface area contributed by atoms with Gasteiger partial charge in [0, 0.05) is 46.4 Å². The van der Waals surface area contributed by atoms with E-state index in [1.807, 2.05) is 24.4 Å². The molecule has 4 rings (SSSR count). The second-order valence-corrected chi connectivity index (χ2v) is 10.1. The Morgan fingerprint density at radius 2 is 2.00 bits per heavy atom. The Bertz CT molecular complexity index is 1090. The summed E-state index contributed by atoms with van der Waals surface area (Å²) in [5.74, 6) is -0.0848. The lowest BCUT2D eigenvalue weighted by Gasteiger charge is -2.18. The van der Waals surface area contributed by atoms with Crippen LogP contribution in [0.4, 0.5) is 0 Å². The molecule has 6 heteroatoms. The molecule has 30 heavy (non-hydrogen) atoms. The van der Waals surface area contributed by atoms with Gasteiger partial charge in [-0.2, -0.15) is 0 Å². The summed E-state index contributed by atoms with van der Waals surface area (Å²) >= 11 is 8.19. The standard InChI is InChI=1S/C24H25ClN2O2S/c1-24(2,3)22-12-15(6-8-26-22)17-11-21(30-14-17)19-5-4-16(10-20(19)25)23(29)27-9-7-18(28)13-27/h4-6,8,10-12,14,18,28H,7,9,13H2,1-3H3/t18-/m0/s1. The summed E-state index contributed by atoms with van der Waals surface area (Å²) in [5.41, 5.74) is 4.78. The molecule has 0 bridgehead atoms. The van der Waals surface area contributed by atoms with E-state index in [1.165, 1.54) is 0 Å². The van der Waals surface area contributed by atoms with Gasteiger partial charge in [0.15, 0.2) is 0 Å². The van der Waals surface area contributed by atoms with Crippen molar-refractivity contribution in [2.45, 2.75) is 38.7 Å². The summed E-state index contributed by atoms with van der Waals surface area (Å²) < 4.78 is 0. The zero-order valence-corrected chi connectivity index (χ0v) is 18.9. The van der Waals surface area contributed by atoms with Crippen LogP contribution in [0.1, 0.15) is 43.2 Å². The summed E-state index contributed by atoms with van der Waals surface area (Å²) in [5, 5.41) is 12.4. The van der Waals surface area contributed by atoms with Crippen LogP contribution in [0.25, 0.3) is 21.6 Å². The zero-order valence-electron chi connectivity index (χ0n) is 17.4. The summed E-state index contributed by atoms with van der Waals surface area (Å²) in [4.78, 5) is 19.9. The summed E-state index contributed by atoms with van der Waals surface area (Å²) in [6, 6.07) is 11.7. The molecule has 1 amide bonds. The SMILES string of the molecule is CC(C)(C)c1cc(-c2csc(-c3ccc(C(=O)N4CC[C@H](O)C4)cc3Cl)c2)ccn1. The van der Waals surface area contributed by atoms with Gasteiger partial charge in [-0.3, -0.25) is 9.78 Å². The monoisotopic (exact) mass is 440 g/mol. The number of thiophene rings is 1. The highest BCUT2D eigenvalue weighted by molar-refractivity contribution is 7.14. The number of aromatic nitrogens is 1. The molecule has 4 nitrogen and oxygen atoms in total. The molecule has 1 atom stereocenters. The Morgan fingerprint density at radius 3 is 2.67 bits per heavy atom. The molecule has 3 heterocycles. The smallest absolute Gasteiger partial charge is 0.253 e. The quantitative estimate of drug-likeness (QED) is 0.573. The van der Waals surface area contributed by atoms with Gasteiger partial charge in [-0.1, -0.05) is 38.4 Å². The minimum atomic E-state index is -0.430. The molecule has 1 aromatic carbocycles. The number of likely N-dealkylation sites (tertiary alicyclic amines) is 1. The fourth-order valence-corrected chi connectivity index (χ4v) is 4.90. The average Bonchev–Trinajstić information content (AvgIpc) is 3.36. The first-order valence-corrected chi connectivity index (χ1v) is 11.3. The van der Waals surface area contributed by atoms with Crippen molar-refractivity contribution in [2.75, 3.05) is 13.1 Å². The lowest BCUT2D eigenvalue weighted by Crippen LogP contribution is -2.29. The van der Waals surface area contributed by atoms with Crippen LogP contribution in [-0.2, 0) is 5.41 Å². The molecule has 1 N–H and O–H groups in total. The Morgan fingerprint density at radius 1 is 1.20 bits per heavy atom. The third-order valence-electron chi connectivity index (χ3n) is 5.39. The molecule has 156 valence electrons. The number of aliphatic hydroxyl groups is 1. The molecule has 0 aliphatic carbocycles. The number of amides is 1. The third-order valence-corrected chi connectivity index (χ3v) is 6.67. The second-order valence-electron chi connectivity index (χ2n) is 8.77. The molecule has 1 saturated heterocycles. The number of hydrogen-bond acceptors (Lipinski definition) is 4. The van der Waals surface area contributed by atoms with E-state index in [1.54, 1.807) is 22.3 Å². The van der Waals surface area contributed by atoms with E-state index in [9.17, 15) is 9.90 Å². The minimum Gasteiger partial charge on any atom is -0.391 e. The number of hydrogen-bond donors (Lipinski definition) is 1. The molecule has 0 unspecified atom stereocenters. The van der Waals surface area contributed by atoms with Crippen molar-refractivity contribution in [3.63, 3.8) is 0 Å². The van der Waals surface area contributed by atoms with Crippen LogP contribution in [0, 0.1) is 0 Å². The van der Waals surface area contributed by atoms with E-state index in [0.29, 0.717) is 30.1 Å². The molecule has 1 aliphatic heterocycles. The number of halogens is 1. The van der Waals surface area contributed by atoms with Gasteiger partial charge in [0.25, 0.3) is 5.91 Å². The van der Waals surface area contributed by atoms with Crippen molar-refractivity contribution in [1.29, 1.82) is 0 Å². The van der Waals surface area contributed by atoms with Crippen molar-refractivity contribution in [2.24, 2.45) is 0 Å². The average molecular weight is 441 g/mol. The molecule has 1 aliphatic rings. The van der Waals surface area contributed by atoms with Crippen molar-refractivity contribution in [3.05, 3.63) is 64.3 Å². The topological polar surface area (TPSA) is 53.4 Å². The van der Waals surface area contributed by atoms with Gasteiger partial charge in [-0.05, 0) is 53.3 Å². The predicted molar refractivity (Wildman–Crippen MR) is 123 cm³/mol. The van der Waals surface area contributed by atoms with Crippen molar-refractivity contribution in [1.82, 2.24) is 9.88 Å². The molecule has 2 aromatic heterocycles. The van der Waals surface area contributed by atoms with E-state index >= 15 is 0 Å². The normalized spacial score (nSPS) is 16.8. The number of aliphatic hydroxyl groups excluding tert-OH is 1. The molecule has 1 fully saturated rings. The Labute approximate surface area is 186 Å².